The van der Waals surface area contributed by atoms with Crippen LogP contribution in [0.25, 0.3) is 0 Å². The number of carbonyl (C=O) groups is 1. The van der Waals surface area contributed by atoms with E-state index in [9.17, 15) is 4.79 Å². The van der Waals surface area contributed by atoms with Gasteiger partial charge in [0.1, 0.15) is 0 Å². The van der Waals surface area contributed by atoms with Gasteiger partial charge in [-0.15, -0.1) is 0 Å². The minimum Gasteiger partial charge on any atom is -0.376 e. The maximum absolute atomic E-state index is 12.2. The fraction of sp³-hybridized carbons (Fsp3) is 0.778. The first-order valence-electron chi connectivity index (χ1n) is 9.22. The highest BCUT2D eigenvalue weighted by Gasteiger charge is 2.22. The molecule has 1 N–H and O–H groups in total. The first-order valence-corrected chi connectivity index (χ1v) is 9.22. The second-order valence-electron chi connectivity index (χ2n) is 6.77. The van der Waals surface area contributed by atoms with Crippen LogP contribution in [0.15, 0.2) is 0 Å². The molecule has 0 radical (unpaired) electrons. The molecule has 1 aliphatic heterocycles. The maximum atomic E-state index is 12.2. The Labute approximate surface area is 138 Å². The van der Waals surface area contributed by atoms with Gasteiger partial charge >= 0.3 is 0 Å². The number of rotatable bonds is 6. The van der Waals surface area contributed by atoms with Crippen LogP contribution in [0.5, 0.6) is 0 Å². The predicted molar refractivity (Wildman–Crippen MR) is 89.2 cm³/mol. The second kappa shape index (κ2) is 7.95. The Hall–Kier alpha value is -1.36. The number of hydrogen-bond donors (Lipinski definition) is 1. The van der Waals surface area contributed by atoms with E-state index in [1.807, 2.05) is 0 Å². The van der Waals surface area contributed by atoms with Crippen LogP contribution in [0.1, 0.15) is 62.4 Å². The monoisotopic (exact) mass is 319 g/mol. The standard InChI is InChI=1S/C18H29N3O2/c1-2-11-21-17-9-12-23-13-15(17)16(20-21)8-10-19-18(22)14-6-4-3-5-7-14/h14H,2-13H2,1H3,(H,19,22). The molecule has 128 valence electrons. The molecule has 1 amide bonds. The predicted octanol–water partition coefficient (Wildman–Crippen LogP) is 2.60. The summed E-state index contributed by atoms with van der Waals surface area (Å²) < 4.78 is 7.76. The van der Waals surface area contributed by atoms with Crippen LogP contribution < -0.4 is 5.32 Å². The lowest BCUT2D eigenvalue weighted by atomic mass is 9.88. The molecule has 0 aromatic carbocycles. The van der Waals surface area contributed by atoms with Crippen molar-refractivity contribution in [2.75, 3.05) is 13.2 Å². The zero-order valence-electron chi connectivity index (χ0n) is 14.3. The van der Waals surface area contributed by atoms with Gasteiger partial charge in [-0.2, -0.15) is 5.10 Å². The Kier molecular flexibility index (Phi) is 5.70. The second-order valence-corrected chi connectivity index (χ2v) is 6.77. The third-order valence-electron chi connectivity index (χ3n) is 5.05. The van der Waals surface area contributed by atoms with Gasteiger partial charge in [0.25, 0.3) is 0 Å². The van der Waals surface area contributed by atoms with Crippen molar-refractivity contribution in [2.24, 2.45) is 5.92 Å². The number of aryl methyl sites for hydroxylation is 1. The molecule has 0 bridgehead atoms. The van der Waals surface area contributed by atoms with Gasteiger partial charge in [-0.3, -0.25) is 9.48 Å². The highest BCUT2D eigenvalue weighted by molar-refractivity contribution is 5.78. The molecule has 1 aliphatic carbocycles. The molecule has 1 aromatic heterocycles. The lowest BCUT2D eigenvalue weighted by Crippen LogP contribution is -2.33. The van der Waals surface area contributed by atoms with E-state index in [2.05, 4.69) is 16.9 Å². The van der Waals surface area contributed by atoms with Gasteiger partial charge in [0.15, 0.2) is 0 Å². The Morgan fingerprint density at radius 2 is 2.17 bits per heavy atom. The normalized spacial score (nSPS) is 18.7. The minimum absolute atomic E-state index is 0.235. The van der Waals surface area contributed by atoms with E-state index in [1.54, 1.807) is 0 Å². The third-order valence-corrected chi connectivity index (χ3v) is 5.05. The molecule has 3 rings (SSSR count). The lowest BCUT2D eigenvalue weighted by Gasteiger charge is -2.20. The largest absolute Gasteiger partial charge is 0.376 e. The number of aromatic nitrogens is 2. The van der Waals surface area contributed by atoms with Crippen molar-refractivity contribution in [3.05, 3.63) is 17.0 Å². The van der Waals surface area contributed by atoms with Crippen molar-refractivity contribution in [2.45, 2.75) is 71.4 Å². The van der Waals surface area contributed by atoms with Crippen molar-refractivity contribution < 1.29 is 9.53 Å². The van der Waals surface area contributed by atoms with Gasteiger partial charge < -0.3 is 10.1 Å². The maximum Gasteiger partial charge on any atom is 0.223 e. The summed E-state index contributed by atoms with van der Waals surface area (Å²) in [5.41, 5.74) is 3.71. The highest BCUT2D eigenvalue weighted by Crippen LogP contribution is 2.24. The average Bonchev–Trinajstić information content (AvgIpc) is 2.94. The molecule has 2 heterocycles. The number of carbonyl (C=O) groups excluding carboxylic acids is 1. The third kappa shape index (κ3) is 3.94. The van der Waals surface area contributed by atoms with E-state index in [-0.39, 0.29) is 11.8 Å². The number of nitrogens with one attached hydrogen (secondary N) is 1. The van der Waals surface area contributed by atoms with Crippen molar-refractivity contribution in [1.29, 1.82) is 0 Å². The summed E-state index contributed by atoms with van der Waals surface area (Å²) in [4.78, 5) is 12.2. The first-order chi connectivity index (χ1) is 11.3. The average molecular weight is 319 g/mol. The van der Waals surface area contributed by atoms with Crippen molar-refractivity contribution in [3.8, 4) is 0 Å². The SMILES string of the molecule is CCCn1nc(CCNC(=O)C2CCCCC2)c2c1CCOC2. The van der Waals surface area contributed by atoms with Crippen LogP contribution in [-0.4, -0.2) is 28.8 Å². The number of nitrogens with zero attached hydrogens (tertiary/aromatic N) is 2. The van der Waals surface area contributed by atoms with Crippen LogP contribution in [0.3, 0.4) is 0 Å². The highest BCUT2D eigenvalue weighted by atomic mass is 16.5. The molecule has 1 saturated carbocycles. The van der Waals surface area contributed by atoms with Crippen LogP contribution in [0.4, 0.5) is 0 Å². The van der Waals surface area contributed by atoms with Gasteiger partial charge in [-0.1, -0.05) is 26.2 Å². The summed E-state index contributed by atoms with van der Waals surface area (Å²) in [6.45, 7) is 5.30. The topological polar surface area (TPSA) is 56.2 Å². The van der Waals surface area contributed by atoms with Gasteiger partial charge in [-0.05, 0) is 19.3 Å². The molecule has 0 spiro atoms. The summed E-state index contributed by atoms with van der Waals surface area (Å²) in [6.07, 6.45) is 8.64. The van der Waals surface area contributed by atoms with Gasteiger partial charge in [-0.25, -0.2) is 0 Å². The smallest absolute Gasteiger partial charge is 0.223 e. The molecule has 0 unspecified atom stereocenters. The fourth-order valence-electron chi connectivity index (χ4n) is 3.79. The van der Waals surface area contributed by atoms with Crippen LogP contribution in [-0.2, 0) is 35.5 Å². The summed E-state index contributed by atoms with van der Waals surface area (Å²) >= 11 is 0. The van der Waals surface area contributed by atoms with Gasteiger partial charge in [0, 0.05) is 43.1 Å². The molecule has 1 fully saturated rings. The molecule has 2 aliphatic rings. The van der Waals surface area contributed by atoms with Crippen molar-refractivity contribution in [3.63, 3.8) is 0 Å². The zero-order chi connectivity index (χ0) is 16.1. The van der Waals surface area contributed by atoms with Crippen molar-refractivity contribution >= 4 is 5.91 Å². The molecule has 5 heteroatoms. The Bertz CT molecular complexity index is 533. The van der Waals surface area contributed by atoms with E-state index in [0.717, 1.165) is 50.9 Å². The first kappa shape index (κ1) is 16.5. The number of fused-ring (bicyclic) bond motifs is 1. The molecule has 0 atom stereocenters. The van der Waals surface area contributed by atoms with Gasteiger partial charge in [0.05, 0.1) is 18.9 Å². The zero-order valence-corrected chi connectivity index (χ0v) is 14.3. The number of ether oxygens (including phenoxy) is 1. The Balaban J connectivity index is 1.56. The van der Waals surface area contributed by atoms with E-state index in [4.69, 9.17) is 9.84 Å². The summed E-state index contributed by atoms with van der Waals surface area (Å²) in [5, 5.41) is 7.90. The fourth-order valence-corrected chi connectivity index (χ4v) is 3.79. The Morgan fingerprint density at radius 3 is 2.96 bits per heavy atom. The minimum atomic E-state index is 0.235. The van der Waals surface area contributed by atoms with E-state index < -0.39 is 0 Å². The molecule has 0 saturated heterocycles. The van der Waals surface area contributed by atoms with E-state index in [1.165, 1.54) is 30.5 Å². The van der Waals surface area contributed by atoms with Crippen LogP contribution >= 0.6 is 0 Å². The molecular weight excluding hydrogens is 290 g/mol. The van der Waals surface area contributed by atoms with E-state index >= 15 is 0 Å². The summed E-state index contributed by atoms with van der Waals surface area (Å²) in [7, 11) is 0. The summed E-state index contributed by atoms with van der Waals surface area (Å²) in [6, 6.07) is 0. The van der Waals surface area contributed by atoms with Crippen LogP contribution in [0, 0.1) is 5.92 Å². The summed E-state index contributed by atoms with van der Waals surface area (Å²) in [5.74, 6) is 0.474. The van der Waals surface area contributed by atoms with Crippen LogP contribution in [0.2, 0.25) is 0 Å². The lowest BCUT2D eigenvalue weighted by molar-refractivity contribution is -0.125. The number of amides is 1. The molecule has 23 heavy (non-hydrogen) atoms. The molecule has 5 nitrogen and oxygen atoms in total. The quantitative estimate of drug-likeness (QED) is 0.877. The molecular formula is C18H29N3O2. The van der Waals surface area contributed by atoms with E-state index in [0.29, 0.717) is 13.2 Å². The van der Waals surface area contributed by atoms with Gasteiger partial charge in [0.2, 0.25) is 5.91 Å². The molecule has 1 aromatic rings. The Morgan fingerprint density at radius 1 is 1.35 bits per heavy atom. The van der Waals surface area contributed by atoms with Crippen molar-refractivity contribution in [1.82, 2.24) is 15.1 Å². The number of hydrogen-bond acceptors (Lipinski definition) is 3.